The largest absolute Gasteiger partial charge is 0.454 e. The Balaban J connectivity index is 1.14. The first kappa shape index (κ1) is 20.0. The maximum absolute atomic E-state index is 13.4. The summed E-state index contributed by atoms with van der Waals surface area (Å²) in [6, 6.07) is 7.27. The van der Waals surface area contributed by atoms with E-state index in [4.69, 9.17) is 14.0 Å². The van der Waals surface area contributed by atoms with E-state index < -0.39 is 0 Å². The molecule has 3 aliphatic rings. The average molecular weight is 448 g/mol. The van der Waals surface area contributed by atoms with Crippen molar-refractivity contribution >= 4 is 28.6 Å². The molecule has 1 saturated heterocycles. The molecule has 1 aromatic carbocycles. The first-order valence-electron chi connectivity index (χ1n) is 11.3. The highest BCUT2D eigenvalue weighted by Gasteiger charge is 2.32. The first-order valence-corrected chi connectivity index (χ1v) is 11.3. The summed E-state index contributed by atoms with van der Waals surface area (Å²) in [4.78, 5) is 32.6. The Labute approximate surface area is 190 Å². The number of nitrogens with one attached hydrogen (secondary N) is 1. The Morgan fingerprint density at radius 2 is 1.85 bits per heavy atom. The van der Waals surface area contributed by atoms with Crippen LogP contribution in [0.15, 0.2) is 28.8 Å². The van der Waals surface area contributed by atoms with Crippen LogP contribution in [0.3, 0.4) is 0 Å². The SMILES string of the molecule is Cc1noc2nc(C3CC3)cc(C(=O)N3CCC(C(=O)Nc4ccc5c(c4)OCO5)CC3)c12. The second-order valence-electron chi connectivity index (χ2n) is 8.94. The van der Waals surface area contributed by atoms with Gasteiger partial charge in [0.05, 0.1) is 16.6 Å². The summed E-state index contributed by atoms with van der Waals surface area (Å²) in [6.07, 6.45) is 3.38. The van der Waals surface area contributed by atoms with Crippen molar-refractivity contribution in [3.63, 3.8) is 0 Å². The number of carbonyl (C=O) groups excluding carboxylic acids is 2. The highest BCUT2D eigenvalue weighted by atomic mass is 16.7. The van der Waals surface area contributed by atoms with E-state index in [-0.39, 0.29) is 24.5 Å². The van der Waals surface area contributed by atoms with Gasteiger partial charge < -0.3 is 24.2 Å². The van der Waals surface area contributed by atoms with Crippen molar-refractivity contribution in [1.29, 1.82) is 0 Å². The Bertz CT molecular complexity index is 1260. The van der Waals surface area contributed by atoms with Gasteiger partial charge in [-0.3, -0.25) is 9.59 Å². The van der Waals surface area contributed by atoms with Crippen LogP contribution in [0.5, 0.6) is 11.5 Å². The van der Waals surface area contributed by atoms with E-state index in [1.165, 1.54) is 0 Å². The Kier molecular flexibility index (Phi) is 4.70. The predicted molar refractivity (Wildman–Crippen MR) is 118 cm³/mol. The number of hydrogen-bond acceptors (Lipinski definition) is 7. The van der Waals surface area contributed by atoms with Crippen LogP contribution >= 0.6 is 0 Å². The summed E-state index contributed by atoms with van der Waals surface area (Å²) in [5, 5.41) is 7.68. The van der Waals surface area contributed by atoms with Crippen molar-refractivity contribution in [2.45, 2.75) is 38.5 Å². The number of aromatic nitrogens is 2. The molecule has 9 heteroatoms. The van der Waals surface area contributed by atoms with E-state index in [1.807, 2.05) is 17.9 Å². The van der Waals surface area contributed by atoms with Crippen molar-refractivity contribution in [2.75, 3.05) is 25.2 Å². The number of benzene rings is 1. The second kappa shape index (κ2) is 7.75. The fraction of sp³-hybridized carbons (Fsp3) is 0.417. The van der Waals surface area contributed by atoms with E-state index in [0.717, 1.165) is 18.5 Å². The molecule has 3 aromatic rings. The van der Waals surface area contributed by atoms with Gasteiger partial charge in [0.25, 0.3) is 11.6 Å². The number of piperidine rings is 1. The lowest BCUT2D eigenvalue weighted by Crippen LogP contribution is -2.41. The van der Waals surface area contributed by atoms with Crippen LogP contribution in [0.25, 0.3) is 11.1 Å². The Morgan fingerprint density at radius 1 is 1.06 bits per heavy atom. The van der Waals surface area contributed by atoms with Crippen LogP contribution in [-0.4, -0.2) is 46.7 Å². The second-order valence-corrected chi connectivity index (χ2v) is 8.94. The minimum Gasteiger partial charge on any atom is -0.454 e. The van der Waals surface area contributed by atoms with Gasteiger partial charge in [-0.05, 0) is 50.8 Å². The van der Waals surface area contributed by atoms with Crippen molar-refractivity contribution in [1.82, 2.24) is 15.0 Å². The van der Waals surface area contributed by atoms with Crippen LogP contribution in [0.2, 0.25) is 0 Å². The molecule has 1 N–H and O–H groups in total. The number of likely N-dealkylation sites (tertiary alicyclic amines) is 1. The number of hydrogen-bond donors (Lipinski definition) is 1. The molecule has 2 aliphatic heterocycles. The van der Waals surface area contributed by atoms with Gasteiger partial charge >= 0.3 is 0 Å². The van der Waals surface area contributed by atoms with E-state index in [1.54, 1.807) is 18.2 Å². The monoisotopic (exact) mass is 448 g/mol. The fourth-order valence-corrected chi connectivity index (χ4v) is 4.60. The van der Waals surface area contributed by atoms with Gasteiger partial charge in [-0.25, -0.2) is 4.98 Å². The average Bonchev–Trinajstić information content (AvgIpc) is 3.48. The van der Waals surface area contributed by atoms with Gasteiger partial charge in [-0.15, -0.1) is 0 Å². The Hall–Kier alpha value is -3.62. The third kappa shape index (κ3) is 3.67. The zero-order valence-electron chi connectivity index (χ0n) is 18.3. The molecular weight excluding hydrogens is 424 g/mol. The van der Waals surface area contributed by atoms with Gasteiger partial charge in [0, 0.05) is 42.4 Å². The number of nitrogens with zero attached hydrogens (tertiary/aromatic N) is 3. The smallest absolute Gasteiger partial charge is 0.259 e. The number of rotatable bonds is 4. The van der Waals surface area contributed by atoms with E-state index in [9.17, 15) is 9.59 Å². The highest BCUT2D eigenvalue weighted by molar-refractivity contribution is 6.06. The summed E-state index contributed by atoms with van der Waals surface area (Å²) in [5.41, 5.74) is 3.28. The zero-order chi connectivity index (χ0) is 22.5. The minimum absolute atomic E-state index is 0.0434. The molecule has 0 bridgehead atoms. The summed E-state index contributed by atoms with van der Waals surface area (Å²) in [5.74, 6) is 1.46. The van der Waals surface area contributed by atoms with E-state index in [0.29, 0.717) is 71.4 Å². The van der Waals surface area contributed by atoms with E-state index >= 15 is 0 Å². The lowest BCUT2D eigenvalue weighted by atomic mass is 9.95. The molecule has 2 fully saturated rings. The van der Waals surface area contributed by atoms with Crippen LogP contribution in [0.4, 0.5) is 5.69 Å². The summed E-state index contributed by atoms with van der Waals surface area (Å²) in [7, 11) is 0. The number of carbonyl (C=O) groups is 2. The number of ether oxygens (including phenoxy) is 2. The first-order chi connectivity index (χ1) is 16.1. The predicted octanol–water partition coefficient (Wildman–Crippen LogP) is 3.63. The molecule has 0 unspecified atom stereocenters. The van der Waals surface area contributed by atoms with Crippen LogP contribution < -0.4 is 14.8 Å². The van der Waals surface area contributed by atoms with Crippen molar-refractivity contribution in [3.8, 4) is 11.5 Å². The third-order valence-electron chi connectivity index (χ3n) is 6.66. The summed E-state index contributed by atoms with van der Waals surface area (Å²) >= 11 is 0. The van der Waals surface area contributed by atoms with Gasteiger partial charge in [-0.1, -0.05) is 5.16 Å². The molecule has 1 aliphatic carbocycles. The maximum Gasteiger partial charge on any atom is 0.259 e. The normalized spacial score (nSPS) is 18.0. The molecule has 9 nitrogen and oxygen atoms in total. The number of amides is 2. The molecule has 33 heavy (non-hydrogen) atoms. The number of fused-ring (bicyclic) bond motifs is 2. The number of aryl methyl sites for hydroxylation is 1. The van der Waals surface area contributed by atoms with Gasteiger partial charge in [-0.2, -0.15) is 0 Å². The number of anilines is 1. The minimum atomic E-state index is -0.156. The van der Waals surface area contributed by atoms with Crippen LogP contribution in [0, 0.1) is 12.8 Å². The molecule has 6 rings (SSSR count). The maximum atomic E-state index is 13.4. The lowest BCUT2D eigenvalue weighted by Gasteiger charge is -2.31. The van der Waals surface area contributed by atoms with Crippen molar-refractivity contribution in [3.05, 3.63) is 41.2 Å². The molecule has 4 heterocycles. The molecule has 1 saturated carbocycles. The topological polar surface area (TPSA) is 107 Å². The van der Waals surface area contributed by atoms with Gasteiger partial charge in [0.15, 0.2) is 11.5 Å². The molecule has 2 amide bonds. The summed E-state index contributed by atoms with van der Waals surface area (Å²) in [6.45, 7) is 3.06. The fourth-order valence-electron chi connectivity index (χ4n) is 4.60. The lowest BCUT2D eigenvalue weighted by molar-refractivity contribution is -0.121. The standard InChI is InChI=1S/C24H24N4O5/c1-13-21-17(11-18(14-2-3-14)26-23(21)33-27-13)24(30)28-8-6-15(7-9-28)22(29)25-16-4-5-19-20(10-16)32-12-31-19/h4-5,10-11,14-15H,2-3,6-9,12H2,1H3,(H,25,29). The molecular formula is C24H24N4O5. The van der Waals surface area contributed by atoms with Crippen LogP contribution in [0.1, 0.15) is 53.3 Å². The van der Waals surface area contributed by atoms with E-state index in [2.05, 4.69) is 15.5 Å². The summed E-state index contributed by atoms with van der Waals surface area (Å²) < 4.78 is 16.1. The quantitative estimate of drug-likeness (QED) is 0.649. The zero-order valence-corrected chi connectivity index (χ0v) is 18.3. The highest BCUT2D eigenvalue weighted by Crippen LogP contribution is 2.41. The Morgan fingerprint density at radius 3 is 2.64 bits per heavy atom. The molecule has 0 radical (unpaired) electrons. The molecule has 0 atom stereocenters. The number of pyridine rings is 1. The molecule has 170 valence electrons. The molecule has 2 aromatic heterocycles. The van der Waals surface area contributed by atoms with Gasteiger partial charge in [0.2, 0.25) is 12.7 Å². The van der Waals surface area contributed by atoms with Crippen LogP contribution in [-0.2, 0) is 4.79 Å². The third-order valence-corrected chi connectivity index (χ3v) is 6.66. The van der Waals surface area contributed by atoms with Gasteiger partial charge in [0.1, 0.15) is 0 Å². The van der Waals surface area contributed by atoms with Crippen molar-refractivity contribution in [2.24, 2.45) is 5.92 Å². The van der Waals surface area contributed by atoms with Crippen molar-refractivity contribution < 1.29 is 23.6 Å². The molecule has 0 spiro atoms.